The van der Waals surface area contributed by atoms with E-state index in [1.165, 1.54) is 12.0 Å². The summed E-state index contributed by atoms with van der Waals surface area (Å²) in [7, 11) is 0. The fourth-order valence-corrected chi connectivity index (χ4v) is 3.49. The summed E-state index contributed by atoms with van der Waals surface area (Å²) in [5.74, 6) is 1.84. The van der Waals surface area contributed by atoms with Gasteiger partial charge >= 0.3 is 0 Å². The lowest BCUT2D eigenvalue weighted by Gasteiger charge is -2.14. The second kappa shape index (κ2) is 6.80. The van der Waals surface area contributed by atoms with Crippen molar-refractivity contribution in [3.05, 3.63) is 34.3 Å². The molecular weight excluding hydrogens is 320 g/mol. The molecule has 1 heterocycles. The lowest BCUT2D eigenvalue weighted by atomic mass is 10.1. The highest BCUT2D eigenvalue weighted by atomic mass is 79.9. The van der Waals surface area contributed by atoms with Crippen molar-refractivity contribution < 1.29 is 0 Å². The van der Waals surface area contributed by atoms with Crippen LogP contribution in [0.5, 0.6) is 0 Å². The summed E-state index contributed by atoms with van der Waals surface area (Å²) in [5.41, 5.74) is 1.29. The first-order valence-corrected chi connectivity index (χ1v) is 8.55. The van der Waals surface area contributed by atoms with Crippen molar-refractivity contribution in [2.24, 2.45) is 10.9 Å². The molecule has 0 fully saturated rings. The highest BCUT2D eigenvalue weighted by Gasteiger charge is 2.20. The third kappa shape index (κ3) is 4.53. The number of nitrogens with one attached hydrogen (secondary N) is 1. The van der Waals surface area contributed by atoms with Gasteiger partial charge in [0.15, 0.2) is 5.17 Å². The summed E-state index contributed by atoms with van der Waals surface area (Å²) in [5, 5.41) is 4.61. The van der Waals surface area contributed by atoms with E-state index in [1.54, 1.807) is 0 Å². The van der Waals surface area contributed by atoms with E-state index < -0.39 is 0 Å². The fourth-order valence-electron chi connectivity index (χ4n) is 2.18. The minimum atomic E-state index is 0.303. The van der Waals surface area contributed by atoms with E-state index in [0.717, 1.165) is 21.3 Å². The van der Waals surface area contributed by atoms with Gasteiger partial charge in [-0.25, -0.2) is 0 Å². The van der Waals surface area contributed by atoms with Crippen molar-refractivity contribution in [2.45, 2.75) is 39.3 Å². The molecule has 0 radical (unpaired) electrons. The van der Waals surface area contributed by atoms with Crippen molar-refractivity contribution in [1.29, 1.82) is 0 Å². The Morgan fingerprint density at radius 1 is 1.32 bits per heavy atom. The molecule has 1 aliphatic rings. The summed E-state index contributed by atoms with van der Waals surface area (Å²) in [4.78, 5) is 4.77. The quantitative estimate of drug-likeness (QED) is 0.864. The smallest absolute Gasteiger partial charge is 0.157 e. The topological polar surface area (TPSA) is 24.4 Å². The average Bonchev–Trinajstić information content (AvgIpc) is 2.76. The van der Waals surface area contributed by atoms with Gasteiger partial charge in [-0.05, 0) is 37.0 Å². The largest absolute Gasteiger partial charge is 0.358 e. The van der Waals surface area contributed by atoms with E-state index in [0.29, 0.717) is 12.1 Å². The lowest BCUT2D eigenvalue weighted by molar-refractivity contribution is 0.528. The maximum atomic E-state index is 4.77. The molecule has 4 heteroatoms. The molecule has 0 bridgehead atoms. The zero-order chi connectivity index (χ0) is 13.8. The van der Waals surface area contributed by atoms with Crippen molar-refractivity contribution >= 4 is 32.9 Å². The van der Waals surface area contributed by atoms with E-state index in [-0.39, 0.29) is 0 Å². The van der Waals surface area contributed by atoms with Gasteiger partial charge in [-0.15, -0.1) is 0 Å². The van der Waals surface area contributed by atoms with Gasteiger partial charge in [0.2, 0.25) is 0 Å². The first-order chi connectivity index (χ1) is 9.04. The Labute approximate surface area is 128 Å². The van der Waals surface area contributed by atoms with Crippen LogP contribution in [0.25, 0.3) is 0 Å². The van der Waals surface area contributed by atoms with E-state index >= 15 is 0 Å². The highest BCUT2D eigenvalue weighted by molar-refractivity contribution is 9.10. The summed E-state index contributed by atoms with van der Waals surface area (Å²) in [6, 6.07) is 9.25. The molecule has 0 amide bonds. The number of aliphatic imine (C=N–C) groups is 1. The summed E-state index contributed by atoms with van der Waals surface area (Å²) < 4.78 is 1.12. The van der Waals surface area contributed by atoms with Gasteiger partial charge in [-0.2, -0.15) is 0 Å². The Bertz CT molecular complexity index is 442. The molecule has 19 heavy (non-hydrogen) atoms. The normalized spacial score (nSPS) is 20.5. The van der Waals surface area contributed by atoms with Crippen molar-refractivity contribution in [1.82, 2.24) is 5.32 Å². The standard InChI is InChI=1S/C15H21BrN2S/c1-10(2)8-14-9-19-15(18-14)17-11(3)12-4-6-13(16)7-5-12/h4-7,10-11,14H,8-9H2,1-3H3,(H,17,18). The fraction of sp³-hybridized carbons (Fsp3) is 0.533. The molecule has 104 valence electrons. The maximum absolute atomic E-state index is 4.77. The van der Waals surface area contributed by atoms with Crippen LogP contribution >= 0.6 is 27.7 Å². The molecule has 2 rings (SSSR count). The van der Waals surface area contributed by atoms with Crippen LogP contribution in [0.2, 0.25) is 0 Å². The van der Waals surface area contributed by atoms with Crippen molar-refractivity contribution in [3.63, 3.8) is 0 Å². The van der Waals surface area contributed by atoms with Crippen LogP contribution in [-0.4, -0.2) is 17.0 Å². The Kier molecular flexibility index (Phi) is 5.34. The summed E-state index contributed by atoms with van der Waals surface area (Å²) >= 11 is 5.31. The number of rotatable bonds is 4. The zero-order valence-electron chi connectivity index (χ0n) is 11.7. The van der Waals surface area contributed by atoms with Gasteiger partial charge < -0.3 is 5.32 Å². The molecular formula is C15H21BrN2S. The molecule has 1 aromatic rings. The Hall–Kier alpha value is -0.480. The van der Waals surface area contributed by atoms with E-state index in [9.17, 15) is 0 Å². The van der Waals surface area contributed by atoms with Crippen molar-refractivity contribution in [2.75, 3.05) is 5.75 Å². The Morgan fingerprint density at radius 2 is 2.00 bits per heavy atom. The number of thioether (sulfide) groups is 1. The molecule has 1 aliphatic heterocycles. The predicted octanol–water partition coefficient (Wildman–Crippen LogP) is 4.62. The van der Waals surface area contributed by atoms with Crippen LogP contribution in [0.1, 0.15) is 38.8 Å². The van der Waals surface area contributed by atoms with E-state index in [4.69, 9.17) is 4.99 Å². The molecule has 2 nitrogen and oxygen atoms in total. The van der Waals surface area contributed by atoms with Gasteiger partial charge in [0, 0.05) is 10.2 Å². The molecule has 2 atom stereocenters. The van der Waals surface area contributed by atoms with Crippen LogP contribution in [0.4, 0.5) is 0 Å². The zero-order valence-corrected chi connectivity index (χ0v) is 14.1. The SMILES string of the molecule is CC(C)CC1CSC(NC(C)c2ccc(Br)cc2)=N1. The van der Waals surface area contributed by atoms with E-state index in [2.05, 4.69) is 66.3 Å². The highest BCUT2D eigenvalue weighted by Crippen LogP contribution is 2.24. The molecule has 0 aliphatic carbocycles. The summed E-state index contributed by atoms with van der Waals surface area (Å²) in [6.45, 7) is 6.70. The predicted molar refractivity (Wildman–Crippen MR) is 88.8 cm³/mol. The molecule has 2 unspecified atom stereocenters. The van der Waals surface area contributed by atoms with Crippen LogP contribution in [0, 0.1) is 5.92 Å². The molecule has 1 aromatic carbocycles. The monoisotopic (exact) mass is 340 g/mol. The molecule has 0 aromatic heterocycles. The average molecular weight is 341 g/mol. The van der Waals surface area contributed by atoms with Crippen LogP contribution in [0.3, 0.4) is 0 Å². The van der Waals surface area contributed by atoms with Gasteiger partial charge in [-0.3, -0.25) is 4.99 Å². The Balaban J connectivity index is 1.92. The van der Waals surface area contributed by atoms with Crippen LogP contribution < -0.4 is 5.32 Å². The number of amidine groups is 1. The Morgan fingerprint density at radius 3 is 2.63 bits per heavy atom. The first-order valence-electron chi connectivity index (χ1n) is 6.77. The van der Waals surface area contributed by atoms with E-state index in [1.807, 2.05) is 11.8 Å². The second-order valence-electron chi connectivity index (χ2n) is 5.45. The second-order valence-corrected chi connectivity index (χ2v) is 7.37. The van der Waals surface area contributed by atoms with Gasteiger partial charge in [-0.1, -0.05) is 53.7 Å². The van der Waals surface area contributed by atoms with Gasteiger partial charge in [0.1, 0.15) is 0 Å². The number of hydrogen-bond acceptors (Lipinski definition) is 3. The summed E-state index contributed by atoms with van der Waals surface area (Å²) in [6.07, 6.45) is 1.19. The van der Waals surface area contributed by atoms with Gasteiger partial charge in [0.25, 0.3) is 0 Å². The molecule has 0 saturated carbocycles. The molecule has 1 N–H and O–H groups in total. The third-order valence-electron chi connectivity index (χ3n) is 3.17. The number of nitrogens with zero attached hydrogens (tertiary/aromatic N) is 1. The van der Waals surface area contributed by atoms with Gasteiger partial charge in [0.05, 0.1) is 12.1 Å². The van der Waals surface area contributed by atoms with Crippen molar-refractivity contribution in [3.8, 4) is 0 Å². The van der Waals surface area contributed by atoms with Crippen LogP contribution in [-0.2, 0) is 0 Å². The number of hydrogen-bond donors (Lipinski definition) is 1. The minimum absolute atomic E-state index is 0.303. The first kappa shape index (κ1) is 14.9. The van der Waals surface area contributed by atoms with Crippen LogP contribution in [0.15, 0.2) is 33.7 Å². The minimum Gasteiger partial charge on any atom is -0.358 e. The molecule has 0 saturated heterocycles. The maximum Gasteiger partial charge on any atom is 0.157 e. The molecule has 0 spiro atoms. The number of benzene rings is 1. The number of halogens is 1. The third-order valence-corrected chi connectivity index (χ3v) is 4.74. The lowest BCUT2D eigenvalue weighted by Crippen LogP contribution is -2.23.